The Kier molecular flexibility index (Phi) is 3.04. The van der Waals surface area contributed by atoms with Gasteiger partial charge in [-0.2, -0.15) is 0 Å². The molecular formula is C14H12N4O2. The molecule has 2 aromatic heterocycles. The second kappa shape index (κ2) is 5.00. The summed E-state index contributed by atoms with van der Waals surface area (Å²) >= 11 is 0. The fourth-order valence-electron chi connectivity index (χ4n) is 2.02. The molecule has 3 N–H and O–H groups in total. The lowest BCUT2D eigenvalue weighted by atomic mass is 10.1. The molecule has 20 heavy (non-hydrogen) atoms. The maximum absolute atomic E-state index is 10.5. The molecule has 6 nitrogen and oxygen atoms in total. The zero-order chi connectivity index (χ0) is 13.9. The Morgan fingerprint density at radius 1 is 1.20 bits per heavy atom. The van der Waals surface area contributed by atoms with Crippen LogP contribution in [0.15, 0.2) is 42.6 Å². The van der Waals surface area contributed by atoms with Gasteiger partial charge in [0.05, 0.1) is 5.69 Å². The summed E-state index contributed by atoms with van der Waals surface area (Å²) < 4.78 is 0. The molecule has 0 spiro atoms. The Hall–Kier alpha value is -2.89. The third kappa shape index (κ3) is 2.31. The van der Waals surface area contributed by atoms with Crippen LogP contribution in [0.4, 0.5) is 5.82 Å². The number of carboxylic acids is 1. The lowest BCUT2D eigenvalue weighted by Crippen LogP contribution is -2.13. The molecule has 0 saturated heterocycles. The predicted molar refractivity (Wildman–Crippen MR) is 75.5 cm³/mol. The molecule has 0 radical (unpaired) electrons. The Morgan fingerprint density at radius 3 is 2.80 bits per heavy atom. The minimum atomic E-state index is -0.937. The SMILES string of the molecule is O=C(O)CNc1ccc(-c2c[nH]c3ccccc23)nn1. The number of rotatable bonds is 4. The highest BCUT2D eigenvalue weighted by molar-refractivity contribution is 5.94. The van der Waals surface area contributed by atoms with E-state index in [9.17, 15) is 4.79 Å². The number of fused-ring (bicyclic) bond motifs is 1. The Bertz CT molecular complexity index is 749. The van der Waals surface area contributed by atoms with Crippen molar-refractivity contribution in [3.63, 3.8) is 0 Å². The molecule has 0 aliphatic heterocycles. The highest BCUT2D eigenvalue weighted by Crippen LogP contribution is 2.26. The van der Waals surface area contributed by atoms with E-state index in [2.05, 4.69) is 20.5 Å². The summed E-state index contributed by atoms with van der Waals surface area (Å²) in [4.78, 5) is 13.6. The summed E-state index contributed by atoms with van der Waals surface area (Å²) in [5.74, 6) is -0.497. The van der Waals surface area contributed by atoms with Crippen molar-refractivity contribution in [1.82, 2.24) is 15.2 Å². The van der Waals surface area contributed by atoms with Crippen molar-refractivity contribution >= 4 is 22.7 Å². The number of anilines is 1. The second-order valence-corrected chi connectivity index (χ2v) is 4.30. The van der Waals surface area contributed by atoms with Crippen molar-refractivity contribution < 1.29 is 9.90 Å². The quantitative estimate of drug-likeness (QED) is 0.674. The van der Waals surface area contributed by atoms with Crippen molar-refractivity contribution in [2.45, 2.75) is 0 Å². The van der Waals surface area contributed by atoms with E-state index >= 15 is 0 Å². The number of aromatic amines is 1. The molecule has 0 atom stereocenters. The summed E-state index contributed by atoms with van der Waals surface area (Å²) in [7, 11) is 0. The van der Waals surface area contributed by atoms with E-state index in [1.807, 2.05) is 36.5 Å². The van der Waals surface area contributed by atoms with Crippen molar-refractivity contribution in [2.75, 3.05) is 11.9 Å². The standard InChI is InChI=1S/C14H12N4O2/c19-14(20)8-16-13-6-5-12(17-18-13)10-7-15-11-4-2-1-3-9(10)11/h1-7,15H,8H2,(H,16,18)(H,19,20). The fraction of sp³-hybridized carbons (Fsp3) is 0.0714. The molecule has 6 heteroatoms. The number of carbonyl (C=O) groups is 1. The first-order valence-electron chi connectivity index (χ1n) is 6.10. The predicted octanol–water partition coefficient (Wildman–Crippen LogP) is 2.12. The molecule has 0 unspecified atom stereocenters. The van der Waals surface area contributed by atoms with Gasteiger partial charge in [0.1, 0.15) is 12.4 Å². The molecule has 0 aliphatic rings. The molecular weight excluding hydrogens is 256 g/mol. The first-order chi connectivity index (χ1) is 9.74. The van der Waals surface area contributed by atoms with Crippen LogP contribution in [0.5, 0.6) is 0 Å². The topological polar surface area (TPSA) is 90.9 Å². The molecule has 0 aliphatic carbocycles. The molecule has 0 bridgehead atoms. The maximum atomic E-state index is 10.5. The largest absolute Gasteiger partial charge is 0.480 e. The van der Waals surface area contributed by atoms with E-state index in [1.165, 1.54) is 0 Å². The number of nitrogens with zero attached hydrogens (tertiary/aromatic N) is 2. The van der Waals surface area contributed by atoms with Crippen LogP contribution in [0.3, 0.4) is 0 Å². The van der Waals surface area contributed by atoms with Gasteiger partial charge in [-0.05, 0) is 18.2 Å². The number of nitrogens with one attached hydrogen (secondary N) is 2. The van der Waals surface area contributed by atoms with Gasteiger partial charge < -0.3 is 15.4 Å². The lowest BCUT2D eigenvalue weighted by molar-refractivity contribution is -0.134. The van der Waals surface area contributed by atoms with Gasteiger partial charge in [-0.25, -0.2) is 0 Å². The molecule has 100 valence electrons. The van der Waals surface area contributed by atoms with Gasteiger partial charge in [0.25, 0.3) is 0 Å². The average Bonchev–Trinajstić information content (AvgIpc) is 2.89. The summed E-state index contributed by atoms with van der Waals surface area (Å²) in [5, 5.41) is 20.4. The highest BCUT2D eigenvalue weighted by atomic mass is 16.4. The molecule has 0 amide bonds. The Balaban J connectivity index is 1.89. The van der Waals surface area contributed by atoms with Crippen molar-refractivity contribution in [2.24, 2.45) is 0 Å². The van der Waals surface area contributed by atoms with Crippen LogP contribution in [0, 0.1) is 0 Å². The van der Waals surface area contributed by atoms with Gasteiger partial charge in [0, 0.05) is 22.7 Å². The highest BCUT2D eigenvalue weighted by Gasteiger charge is 2.07. The van der Waals surface area contributed by atoms with Crippen LogP contribution in [-0.2, 0) is 4.79 Å². The van der Waals surface area contributed by atoms with Gasteiger partial charge in [-0.3, -0.25) is 4.79 Å². The van der Waals surface area contributed by atoms with E-state index in [0.29, 0.717) is 5.82 Å². The molecule has 3 aromatic rings. The van der Waals surface area contributed by atoms with Crippen LogP contribution >= 0.6 is 0 Å². The number of benzene rings is 1. The number of H-pyrrole nitrogens is 1. The van der Waals surface area contributed by atoms with Gasteiger partial charge in [0.15, 0.2) is 0 Å². The third-order valence-electron chi connectivity index (χ3n) is 2.95. The number of aliphatic carboxylic acids is 1. The zero-order valence-corrected chi connectivity index (χ0v) is 10.5. The second-order valence-electron chi connectivity index (χ2n) is 4.30. The van der Waals surface area contributed by atoms with Gasteiger partial charge in [0.2, 0.25) is 0 Å². The zero-order valence-electron chi connectivity index (χ0n) is 10.5. The molecule has 0 saturated carbocycles. The average molecular weight is 268 g/mol. The van der Waals surface area contributed by atoms with Crippen LogP contribution in [0.25, 0.3) is 22.2 Å². The van der Waals surface area contributed by atoms with E-state index in [-0.39, 0.29) is 6.54 Å². The number of carboxylic acid groups (broad SMARTS) is 1. The summed E-state index contributed by atoms with van der Waals surface area (Å²) in [6.45, 7) is -0.179. The lowest BCUT2D eigenvalue weighted by Gasteiger charge is -2.02. The fourth-order valence-corrected chi connectivity index (χ4v) is 2.02. The van der Waals surface area contributed by atoms with E-state index < -0.39 is 5.97 Å². The van der Waals surface area contributed by atoms with Crippen molar-refractivity contribution in [3.05, 3.63) is 42.6 Å². The molecule has 1 aromatic carbocycles. The summed E-state index contributed by atoms with van der Waals surface area (Å²) in [6.07, 6.45) is 1.89. The Labute approximate surface area is 114 Å². The van der Waals surface area contributed by atoms with Crippen LogP contribution in [0.1, 0.15) is 0 Å². The first kappa shape index (κ1) is 12.2. The van der Waals surface area contributed by atoms with Crippen LogP contribution in [-0.4, -0.2) is 32.8 Å². The number of para-hydroxylation sites is 1. The van der Waals surface area contributed by atoms with Crippen molar-refractivity contribution in [3.8, 4) is 11.3 Å². The van der Waals surface area contributed by atoms with Gasteiger partial charge >= 0.3 is 5.97 Å². The molecule has 3 rings (SSSR count). The smallest absolute Gasteiger partial charge is 0.322 e. The summed E-state index contributed by atoms with van der Waals surface area (Å²) in [5.41, 5.74) is 2.75. The minimum Gasteiger partial charge on any atom is -0.480 e. The Morgan fingerprint density at radius 2 is 2.05 bits per heavy atom. The minimum absolute atomic E-state index is 0.179. The number of aromatic nitrogens is 3. The number of hydrogen-bond donors (Lipinski definition) is 3. The van der Waals surface area contributed by atoms with E-state index in [4.69, 9.17) is 5.11 Å². The first-order valence-corrected chi connectivity index (χ1v) is 6.10. The van der Waals surface area contributed by atoms with Crippen molar-refractivity contribution in [1.29, 1.82) is 0 Å². The summed E-state index contributed by atoms with van der Waals surface area (Å²) in [6, 6.07) is 11.5. The molecule has 0 fully saturated rings. The van der Waals surface area contributed by atoms with Crippen LogP contribution < -0.4 is 5.32 Å². The van der Waals surface area contributed by atoms with Gasteiger partial charge in [-0.15, -0.1) is 10.2 Å². The van der Waals surface area contributed by atoms with Crippen LogP contribution in [0.2, 0.25) is 0 Å². The van der Waals surface area contributed by atoms with E-state index in [0.717, 1.165) is 22.2 Å². The third-order valence-corrected chi connectivity index (χ3v) is 2.95. The normalized spacial score (nSPS) is 10.6. The van der Waals surface area contributed by atoms with Gasteiger partial charge in [-0.1, -0.05) is 18.2 Å². The maximum Gasteiger partial charge on any atom is 0.322 e. The monoisotopic (exact) mass is 268 g/mol. The van der Waals surface area contributed by atoms with E-state index in [1.54, 1.807) is 6.07 Å². The molecule has 2 heterocycles. The number of hydrogen-bond acceptors (Lipinski definition) is 4.